The predicted molar refractivity (Wildman–Crippen MR) is 85.4 cm³/mol. The maximum absolute atomic E-state index is 12.7. The maximum Gasteiger partial charge on any atom is 0.356 e. The number of rotatable bonds is 7. The highest BCUT2D eigenvalue weighted by Gasteiger charge is 2.42. The van der Waals surface area contributed by atoms with Gasteiger partial charge in [0.2, 0.25) is 0 Å². The van der Waals surface area contributed by atoms with Gasteiger partial charge in [0.25, 0.3) is 5.60 Å². The van der Waals surface area contributed by atoms with Crippen LogP contribution in [0.25, 0.3) is 0 Å². The number of ether oxygens (including phenoxy) is 3. The Labute approximate surface area is 136 Å². The molecule has 5 nitrogen and oxygen atoms in total. The van der Waals surface area contributed by atoms with E-state index in [1.807, 2.05) is 13.0 Å². The largest absolute Gasteiger partial charge is 0.469 e. The number of hydrogen-bond donors (Lipinski definition) is 0. The van der Waals surface area contributed by atoms with E-state index in [9.17, 15) is 9.59 Å². The topological polar surface area (TPSA) is 61.8 Å². The lowest BCUT2D eigenvalue weighted by molar-refractivity contribution is -0.171. The van der Waals surface area contributed by atoms with Crippen LogP contribution in [0.5, 0.6) is 0 Å². The molecule has 0 aliphatic heterocycles. The molecule has 0 fully saturated rings. The van der Waals surface area contributed by atoms with Gasteiger partial charge in [0, 0.05) is 12.7 Å². The van der Waals surface area contributed by atoms with Gasteiger partial charge in [-0.1, -0.05) is 43.2 Å². The van der Waals surface area contributed by atoms with Gasteiger partial charge in [-0.25, -0.2) is 4.79 Å². The minimum Gasteiger partial charge on any atom is -0.469 e. The molecule has 1 aromatic rings. The Bertz CT molecular complexity index is 584. The SMILES string of the molecule is CC#C[C@@](OC)(C(=O)O[C@H](CC)CC(=O)OC)c1ccccc1. The fourth-order valence-corrected chi connectivity index (χ4v) is 2.12. The van der Waals surface area contributed by atoms with E-state index < -0.39 is 23.6 Å². The lowest BCUT2D eigenvalue weighted by atomic mass is 9.94. The van der Waals surface area contributed by atoms with E-state index in [2.05, 4.69) is 16.6 Å². The van der Waals surface area contributed by atoms with E-state index in [1.54, 1.807) is 31.2 Å². The summed E-state index contributed by atoms with van der Waals surface area (Å²) in [5.74, 6) is 4.43. The molecule has 0 amide bonds. The highest BCUT2D eigenvalue weighted by Crippen LogP contribution is 2.27. The third-order valence-corrected chi connectivity index (χ3v) is 3.43. The first-order valence-electron chi connectivity index (χ1n) is 7.36. The first-order chi connectivity index (χ1) is 11.0. The second-order valence-corrected chi connectivity index (χ2v) is 4.84. The number of hydrogen-bond acceptors (Lipinski definition) is 5. The van der Waals surface area contributed by atoms with E-state index in [0.29, 0.717) is 12.0 Å². The minimum atomic E-state index is -1.51. The van der Waals surface area contributed by atoms with E-state index >= 15 is 0 Å². The molecule has 0 aliphatic rings. The van der Waals surface area contributed by atoms with Crippen molar-refractivity contribution in [2.75, 3.05) is 14.2 Å². The highest BCUT2D eigenvalue weighted by atomic mass is 16.6. The molecule has 1 aromatic carbocycles. The Morgan fingerprint density at radius 2 is 1.87 bits per heavy atom. The van der Waals surface area contributed by atoms with Gasteiger partial charge in [-0.15, -0.1) is 5.92 Å². The molecule has 0 heterocycles. The van der Waals surface area contributed by atoms with Crippen molar-refractivity contribution in [2.24, 2.45) is 0 Å². The summed E-state index contributed by atoms with van der Waals surface area (Å²) in [6.07, 6.45) is -0.117. The molecule has 23 heavy (non-hydrogen) atoms. The second-order valence-electron chi connectivity index (χ2n) is 4.84. The molecule has 2 atom stereocenters. The van der Waals surface area contributed by atoms with Gasteiger partial charge >= 0.3 is 11.9 Å². The van der Waals surface area contributed by atoms with Crippen molar-refractivity contribution < 1.29 is 23.8 Å². The summed E-state index contributed by atoms with van der Waals surface area (Å²) in [5.41, 5.74) is -0.936. The van der Waals surface area contributed by atoms with Crippen LogP contribution >= 0.6 is 0 Å². The van der Waals surface area contributed by atoms with Gasteiger partial charge in [0.05, 0.1) is 13.5 Å². The molecule has 0 unspecified atom stereocenters. The summed E-state index contributed by atoms with van der Waals surface area (Å²) in [6, 6.07) is 8.91. The summed E-state index contributed by atoms with van der Waals surface area (Å²) >= 11 is 0. The normalized spacial score (nSPS) is 13.9. The molecular weight excluding hydrogens is 296 g/mol. The molecular formula is C18H22O5. The number of benzene rings is 1. The van der Waals surface area contributed by atoms with Crippen molar-refractivity contribution in [1.29, 1.82) is 0 Å². The fraction of sp³-hybridized carbons (Fsp3) is 0.444. The molecule has 0 spiro atoms. The van der Waals surface area contributed by atoms with Crippen LogP contribution in [-0.2, 0) is 29.4 Å². The molecule has 124 valence electrons. The average Bonchev–Trinajstić information content (AvgIpc) is 2.59. The lowest BCUT2D eigenvalue weighted by Crippen LogP contribution is -2.40. The van der Waals surface area contributed by atoms with Crippen LogP contribution in [0.15, 0.2) is 30.3 Å². The van der Waals surface area contributed by atoms with E-state index in [0.717, 1.165) is 0 Å². The summed E-state index contributed by atoms with van der Waals surface area (Å²) in [7, 11) is 2.70. The van der Waals surface area contributed by atoms with Crippen LogP contribution in [-0.4, -0.2) is 32.3 Å². The third kappa shape index (κ3) is 4.57. The molecule has 0 N–H and O–H groups in total. The van der Waals surface area contributed by atoms with Gasteiger partial charge < -0.3 is 14.2 Å². The summed E-state index contributed by atoms with van der Waals surface area (Å²) < 4.78 is 15.5. The molecule has 0 saturated heterocycles. The Balaban J connectivity index is 3.09. The number of carbonyl (C=O) groups excluding carboxylic acids is 2. The van der Waals surface area contributed by atoms with Crippen LogP contribution in [0.3, 0.4) is 0 Å². The van der Waals surface area contributed by atoms with E-state index in [1.165, 1.54) is 14.2 Å². The summed E-state index contributed by atoms with van der Waals surface area (Å²) in [4.78, 5) is 24.1. The molecule has 0 bridgehead atoms. The molecule has 5 heteroatoms. The van der Waals surface area contributed by atoms with Crippen molar-refractivity contribution in [3.8, 4) is 11.8 Å². The van der Waals surface area contributed by atoms with Crippen molar-refractivity contribution in [2.45, 2.75) is 38.4 Å². The highest BCUT2D eigenvalue weighted by molar-refractivity contribution is 5.86. The third-order valence-electron chi connectivity index (χ3n) is 3.43. The number of esters is 2. The van der Waals surface area contributed by atoms with Crippen LogP contribution in [0.1, 0.15) is 32.3 Å². The predicted octanol–water partition coefficient (Wildman–Crippen LogP) is 2.44. The number of methoxy groups -OCH3 is 2. The fourth-order valence-electron chi connectivity index (χ4n) is 2.12. The quantitative estimate of drug-likeness (QED) is 0.571. The zero-order valence-corrected chi connectivity index (χ0v) is 13.9. The van der Waals surface area contributed by atoms with Crippen LogP contribution in [0.2, 0.25) is 0 Å². The van der Waals surface area contributed by atoms with Gasteiger partial charge in [0.15, 0.2) is 0 Å². The Morgan fingerprint density at radius 1 is 1.22 bits per heavy atom. The van der Waals surface area contributed by atoms with E-state index in [4.69, 9.17) is 9.47 Å². The van der Waals surface area contributed by atoms with Crippen molar-refractivity contribution >= 4 is 11.9 Å². The first kappa shape index (κ1) is 18.7. The second kappa shape index (κ2) is 8.96. The van der Waals surface area contributed by atoms with Gasteiger partial charge in [0.1, 0.15) is 6.10 Å². The molecule has 0 radical (unpaired) electrons. The van der Waals surface area contributed by atoms with E-state index in [-0.39, 0.29) is 6.42 Å². The first-order valence-corrected chi connectivity index (χ1v) is 7.36. The standard InChI is InChI=1S/C18H22O5/c1-5-12-18(22-4,14-10-8-7-9-11-14)17(20)23-15(6-2)13-16(19)21-3/h7-11,15H,6,13H2,1-4H3/t15-,18+/m1/s1. The summed E-state index contributed by atoms with van der Waals surface area (Å²) in [6.45, 7) is 3.44. The Kier molecular flexibility index (Phi) is 7.30. The lowest BCUT2D eigenvalue weighted by Gasteiger charge is -2.27. The van der Waals surface area contributed by atoms with Crippen LogP contribution < -0.4 is 0 Å². The van der Waals surface area contributed by atoms with Gasteiger partial charge in [-0.2, -0.15) is 0 Å². The summed E-state index contributed by atoms with van der Waals surface area (Å²) in [5, 5.41) is 0. The molecule has 0 aliphatic carbocycles. The molecule has 1 rings (SSSR count). The number of carbonyl (C=O) groups is 2. The minimum absolute atomic E-state index is 0.00707. The van der Waals surface area contributed by atoms with Crippen molar-refractivity contribution in [1.82, 2.24) is 0 Å². The van der Waals surface area contributed by atoms with Crippen molar-refractivity contribution in [3.63, 3.8) is 0 Å². The van der Waals surface area contributed by atoms with Crippen LogP contribution in [0.4, 0.5) is 0 Å². The average molecular weight is 318 g/mol. The zero-order valence-electron chi connectivity index (χ0n) is 13.9. The Hall–Kier alpha value is -2.32. The molecule has 0 aromatic heterocycles. The maximum atomic E-state index is 12.7. The van der Waals surface area contributed by atoms with Crippen LogP contribution in [0, 0.1) is 11.8 Å². The van der Waals surface area contributed by atoms with Gasteiger partial charge in [-0.3, -0.25) is 4.79 Å². The monoisotopic (exact) mass is 318 g/mol. The van der Waals surface area contributed by atoms with Gasteiger partial charge in [-0.05, 0) is 13.3 Å². The van der Waals surface area contributed by atoms with Crippen molar-refractivity contribution in [3.05, 3.63) is 35.9 Å². The molecule has 0 saturated carbocycles. The Morgan fingerprint density at radius 3 is 2.35 bits per heavy atom. The zero-order chi connectivity index (χ0) is 17.3. The smallest absolute Gasteiger partial charge is 0.356 e.